The minimum Gasteiger partial charge on any atom is -0.265 e. The van der Waals surface area contributed by atoms with E-state index in [0.29, 0.717) is 5.57 Å². The first kappa shape index (κ1) is 16.3. The molecule has 1 aromatic carbocycles. The van der Waals surface area contributed by atoms with E-state index in [1.165, 1.54) is 5.19 Å². The van der Waals surface area contributed by atoms with Crippen LogP contribution in [0.4, 0.5) is 0 Å². The van der Waals surface area contributed by atoms with Gasteiger partial charge in [0.25, 0.3) is 0 Å². The quantitative estimate of drug-likeness (QED) is 0.636. The van der Waals surface area contributed by atoms with Gasteiger partial charge in [-0.1, -0.05) is 49.1 Å². The number of aryl methyl sites for hydroxylation is 2. The van der Waals surface area contributed by atoms with Crippen LogP contribution in [0.1, 0.15) is 23.9 Å². The van der Waals surface area contributed by atoms with Crippen LogP contribution < -0.4 is 5.19 Å². The molecule has 114 valence electrons. The Kier molecular flexibility index (Phi) is 4.67. The summed E-state index contributed by atoms with van der Waals surface area (Å²) in [5.74, 6) is 0. The van der Waals surface area contributed by atoms with E-state index in [1.807, 2.05) is 23.7 Å². The Hall–Kier alpha value is -2.12. The number of hydrogen-bond acceptors (Lipinski definition) is 2. The van der Waals surface area contributed by atoms with Gasteiger partial charge in [-0.3, -0.25) is 4.68 Å². The van der Waals surface area contributed by atoms with Gasteiger partial charge in [0.05, 0.1) is 31.1 Å². The highest BCUT2D eigenvalue weighted by Crippen LogP contribution is 2.18. The van der Waals surface area contributed by atoms with Gasteiger partial charge in [0.15, 0.2) is 0 Å². The summed E-state index contributed by atoms with van der Waals surface area (Å²) in [4.78, 5) is 0. The van der Waals surface area contributed by atoms with E-state index in [0.717, 1.165) is 23.5 Å². The molecule has 1 heterocycles. The summed E-state index contributed by atoms with van der Waals surface area (Å²) in [6.07, 6.45) is 1.92. The van der Waals surface area contributed by atoms with E-state index in [9.17, 15) is 5.26 Å². The standard InChI is InChI=1S/C18H23N3Si/c1-6-21-17(11-14(2)20-21)12-16(13-19)15-7-9-18(10-8-15)22(3,4)5/h7-12H,6H2,1-5H3. The Morgan fingerprint density at radius 2 is 1.91 bits per heavy atom. The molecule has 1 aromatic heterocycles. The lowest BCUT2D eigenvalue weighted by Crippen LogP contribution is -2.37. The molecular formula is C18H23N3Si. The van der Waals surface area contributed by atoms with Gasteiger partial charge >= 0.3 is 0 Å². The molecule has 0 N–H and O–H groups in total. The van der Waals surface area contributed by atoms with Crippen molar-refractivity contribution in [3.63, 3.8) is 0 Å². The van der Waals surface area contributed by atoms with Gasteiger partial charge < -0.3 is 0 Å². The van der Waals surface area contributed by atoms with E-state index >= 15 is 0 Å². The van der Waals surface area contributed by atoms with Crippen molar-refractivity contribution in [2.75, 3.05) is 0 Å². The molecule has 0 fully saturated rings. The van der Waals surface area contributed by atoms with Crippen LogP contribution in [0.5, 0.6) is 0 Å². The largest absolute Gasteiger partial charge is 0.265 e. The second-order valence-corrected chi connectivity index (χ2v) is 11.6. The lowest BCUT2D eigenvalue weighted by Gasteiger charge is -2.16. The smallest absolute Gasteiger partial charge is 0.0998 e. The number of benzene rings is 1. The van der Waals surface area contributed by atoms with Crippen molar-refractivity contribution in [2.24, 2.45) is 0 Å². The van der Waals surface area contributed by atoms with Crippen LogP contribution in [0.2, 0.25) is 19.6 Å². The molecule has 0 amide bonds. The summed E-state index contributed by atoms with van der Waals surface area (Å²) >= 11 is 0. The first-order valence-corrected chi connectivity index (χ1v) is 11.1. The maximum atomic E-state index is 9.50. The molecule has 2 rings (SSSR count). The average Bonchev–Trinajstić information content (AvgIpc) is 2.84. The molecule has 0 saturated heterocycles. The number of rotatable bonds is 4. The highest BCUT2D eigenvalue weighted by Gasteiger charge is 2.16. The van der Waals surface area contributed by atoms with Crippen molar-refractivity contribution >= 4 is 24.9 Å². The van der Waals surface area contributed by atoms with Gasteiger partial charge in [0.1, 0.15) is 0 Å². The lowest BCUT2D eigenvalue weighted by atomic mass is 10.1. The molecule has 0 unspecified atom stereocenters. The second-order valence-electron chi connectivity index (χ2n) is 6.52. The van der Waals surface area contributed by atoms with Crippen LogP contribution in [0, 0.1) is 18.3 Å². The average molecular weight is 309 g/mol. The summed E-state index contributed by atoms with van der Waals surface area (Å²) in [7, 11) is -1.30. The Morgan fingerprint density at radius 3 is 2.41 bits per heavy atom. The molecule has 0 radical (unpaired) electrons. The zero-order valence-electron chi connectivity index (χ0n) is 14.0. The number of hydrogen-bond donors (Lipinski definition) is 0. The van der Waals surface area contributed by atoms with Crippen LogP contribution in [0.15, 0.2) is 30.3 Å². The van der Waals surface area contributed by atoms with E-state index < -0.39 is 8.07 Å². The topological polar surface area (TPSA) is 41.6 Å². The highest BCUT2D eigenvalue weighted by molar-refractivity contribution is 6.88. The SMILES string of the molecule is CCn1nc(C)cc1C=C(C#N)c1ccc([Si](C)(C)C)cc1. The predicted octanol–water partition coefficient (Wildman–Crippen LogP) is 3.82. The lowest BCUT2D eigenvalue weighted by molar-refractivity contribution is 0.648. The maximum absolute atomic E-state index is 9.50. The first-order chi connectivity index (χ1) is 10.3. The van der Waals surface area contributed by atoms with Crippen molar-refractivity contribution in [1.29, 1.82) is 5.26 Å². The molecule has 3 nitrogen and oxygen atoms in total. The van der Waals surface area contributed by atoms with Gasteiger partial charge in [-0.2, -0.15) is 10.4 Å². The summed E-state index contributed by atoms with van der Waals surface area (Å²) in [5, 5.41) is 15.3. The number of nitriles is 1. The van der Waals surface area contributed by atoms with Crippen LogP contribution >= 0.6 is 0 Å². The molecule has 0 bridgehead atoms. The summed E-state index contributed by atoms with van der Waals surface area (Å²) < 4.78 is 1.92. The maximum Gasteiger partial charge on any atom is 0.0998 e. The van der Waals surface area contributed by atoms with Crippen LogP contribution in [-0.2, 0) is 6.54 Å². The monoisotopic (exact) mass is 309 g/mol. The van der Waals surface area contributed by atoms with Crippen LogP contribution in [-0.4, -0.2) is 17.9 Å². The minimum atomic E-state index is -1.30. The Bertz CT molecular complexity index is 725. The Morgan fingerprint density at radius 1 is 1.27 bits per heavy atom. The zero-order valence-corrected chi connectivity index (χ0v) is 15.0. The van der Waals surface area contributed by atoms with Crippen molar-refractivity contribution in [2.45, 2.75) is 40.0 Å². The van der Waals surface area contributed by atoms with E-state index in [-0.39, 0.29) is 0 Å². The molecular weight excluding hydrogens is 286 g/mol. The Labute approximate surface area is 133 Å². The third kappa shape index (κ3) is 3.55. The molecule has 0 atom stereocenters. The van der Waals surface area contributed by atoms with Gasteiger partial charge in [-0.05, 0) is 31.6 Å². The third-order valence-electron chi connectivity index (χ3n) is 3.71. The van der Waals surface area contributed by atoms with E-state index in [1.54, 1.807) is 0 Å². The molecule has 0 aliphatic carbocycles. The van der Waals surface area contributed by atoms with Crippen molar-refractivity contribution < 1.29 is 0 Å². The predicted molar refractivity (Wildman–Crippen MR) is 95.5 cm³/mol. The molecule has 0 aliphatic rings. The fraction of sp³-hybridized carbons (Fsp3) is 0.333. The van der Waals surface area contributed by atoms with Gasteiger partial charge in [0, 0.05) is 6.54 Å². The van der Waals surface area contributed by atoms with E-state index in [4.69, 9.17) is 0 Å². The van der Waals surface area contributed by atoms with Gasteiger partial charge in [-0.25, -0.2) is 0 Å². The van der Waals surface area contributed by atoms with Crippen LogP contribution in [0.3, 0.4) is 0 Å². The Balaban J connectivity index is 2.40. The summed E-state index contributed by atoms with van der Waals surface area (Å²) in [6, 6.07) is 12.8. The summed E-state index contributed by atoms with van der Waals surface area (Å²) in [5.41, 5.74) is 3.59. The molecule has 22 heavy (non-hydrogen) atoms. The highest BCUT2D eigenvalue weighted by atomic mass is 28.3. The molecule has 0 saturated carbocycles. The van der Waals surface area contributed by atoms with Gasteiger partial charge in [0.2, 0.25) is 0 Å². The molecule has 0 aliphatic heterocycles. The summed E-state index contributed by atoms with van der Waals surface area (Å²) in [6.45, 7) is 11.8. The zero-order chi connectivity index (χ0) is 16.3. The van der Waals surface area contributed by atoms with Crippen molar-refractivity contribution in [1.82, 2.24) is 9.78 Å². The second kappa shape index (κ2) is 6.33. The normalized spacial score (nSPS) is 12.3. The molecule has 2 aromatic rings. The number of allylic oxidation sites excluding steroid dienone is 1. The third-order valence-corrected chi connectivity index (χ3v) is 5.77. The molecule has 0 spiro atoms. The van der Waals surface area contributed by atoms with E-state index in [2.05, 4.69) is 62.0 Å². The number of aromatic nitrogens is 2. The van der Waals surface area contributed by atoms with Crippen molar-refractivity contribution in [3.05, 3.63) is 47.3 Å². The molecule has 4 heteroatoms. The fourth-order valence-corrected chi connectivity index (χ4v) is 3.58. The van der Waals surface area contributed by atoms with Crippen molar-refractivity contribution in [3.8, 4) is 6.07 Å². The van der Waals surface area contributed by atoms with Crippen LogP contribution in [0.25, 0.3) is 11.6 Å². The fourth-order valence-electron chi connectivity index (χ4n) is 2.41. The number of nitrogens with zero attached hydrogens (tertiary/aromatic N) is 3. The minimum absolute atomic E-state index is 0.678. The first-order valence-electron chi connectivity index (χ1n) is 7.62. The van der Waals surface area contributed by atoms with Gasteiger partial charge in [-0.15, -0.1) is 0 Å².